The van der Waals surface area contributed by atoms with Crippen molar-refractivity contribution in [3.05, 3.63) is 55.9 Å². The normalized spacial score (nSPS) is 10.3. The molecule has 98 valence electrons. The van der Waals surface area contributed by atoms with Crippen LogP contribution in [0.25, 0.3) is 0 Å². The predicted molar refractivity (Wildman–Crippen MR) is 88.5 cm³/mol. The Morgan fingerprint density at radius 2 is 1.79 bits per heavy atom. The Kier molecular flexibility index (Phi) is 4.95. The van der Waals surface area contributed by atoms with Crippen molar-refractivity contribution in [2.45, 2.75) is 4.90 Å². The van der Waals surface area contributed by atoms with Gasteiger partial charge >= 0.3 is 0 Å². The topological polar surface area (TPSA) is 29.1 Å². The van der Waals surface area contributed by atoms with Gasteiger partial charge in [-0.15, -0.1) is 12.6 Å². The SMILES string of the molecule is O=C(Nc1c(Br)cccc1Br)c1cc(S)ccc1Cl. The third kappa shape index (κ3) is 3.54. The number of hydrogen-bond acceptors (Lipinski definition) is 2. The van der Waals surface area contributed by atoms with E-state index >= 15 is 0 Å². The lowest BCUT2D eigenvalue weighted by molar-refractivity contribution is 0.102. The van der Waals surface area contributed by atoms with Crippen LogP contribution in [0.15, 0.2) is 50.2 Å². The van der Waals surface area contributed by atoms with E-state index in [1.807, 2.05) is 18.2 Å². The Labute approximate surface area is 138 Å². The Bertz CT molecular complexity index is 628. The number of carbonyl (C=O) groups is 1. The zero-order valence-electron chi connectivity index (χ0n) is 9.45. The van der Waals surface area contributed by atoms with E-state index in [9.17, 15) is 4.79 Å². The Morgan fingerprint density at radius 3 is 2.42 bits per heavy atom. The lowest BCUT2D eigenvalue weighted by Crippen LogP contribution is -2.13. The minimum absolute atomic E-state index is 0.284. The van der Waals surface area contributed by atoms with Crippen LogP contribution in [0.5, 0.6) is 0 Å². The molecule has 6 heteroatoms. The molecule has 0 saturated heterocycles. The number of amides is 1. The third-order valence-electron chi connectivity index (χ3n) is 2.40. The van der Waals surface area contributed by atoms with Gasteiger partial charge in [-0.25, -0.2) is 0 Å². The first-order valence-electron chi connectivity index (χ1n) is 5.23. The van der Waals surface area contributed by atoms with Gasteiger partial charge in [0.15, 0.2) is 0 Å². The number of carbonyl (C=O) groups excluding carboxylic acids is 1. The molecule has 0 bridgehead atoms. The zero-order valence-corrected chi connectivity index (χ0v) is 14.3. The summed E-state index contributed by atoms with van der Waals surface area (Å²) in [5, 5.41) is 3.20. The highest BCUT2D eigenvalue weighted by atomic mass is 79.9. The molecule has 19 heavy (non-hydrogen) atoms. The van der Waals surface area contributed by atoms with Crippen molar-refractivity contribution in [3.8, 4) is 0 Å². The Balaban J connectivity index is 2.34. The fourth-order valence-electron chi connectivity index (χ4n) is 1.49. The highest BCUT2D eigenvalue weighted by Crippen LogP contribution is 2.31. The molecule has 0 radical (unpaired) electrons. The second kappa shape index (κ2) is 6.31. The van der Waals surface area contributed by atoms with Crippen LogP contribution in [0.1, 0.15) is 10.4 Å². The van der Waals surface area contributed by atoms with E-state index in [0.717, 1.165) is 8.95 Å². The van der Waals surface area contributed by atoms with E-state index in [0.29, 0.717) is 21.2 Å². The van der Waals surface area contributed by atoms with Gasteiger partial charge in [-0.05, 0) is 62.2 Å². The Hall–Kier alpha value is -0.490. The highest BCUT2D eigenvalue weighted by Gasteiger charge is 2.14. The first-order valence-corrected chi connectivity index (χ1v) is 7.64. The van der Waals surface area contributed by atoms with E-state index in [2.05, 4.69) is 49.8 Å². The van der Waals surface area contributed by atoms with Gasteiger partial charge in [-0.3, -0.25) is 4.79 Å². The fourth-order valence-corrected chi connectivity index (χ4v) is 3.09. The molecule has 0 spiro atoms. The molecule has 2 nitrogen and oxygen atoms in total. The number of rotatable bonds is 2. The van der Waals surface area contributed by atoms with E-state index in [-0.39, 0.29) is 5.91 Å². The summed E-state index contributed by atoms with van der Waals surface area (Å²) in [5.41, 5.74) is 1.05. The molecule has 1 N–H and O–H groups in total. The quantitative estimate of drug-likeness (QED) is 0.624. The second-order valence-corrected chi connectivity index (χ2v) is 6.35. The van der Waals surface area contributed by atoms with Gasteiger partial charge in [0.05, 0.1) is 16.3 Å². The van der Waals surface area contributed by atoms with Gasteiger partial charge in [0, 0.05) is 13.8 Å². The van der Waals surface area contributed by atoms with E-state index in [1.54, 1.807) is 18.2 Å². The summed E-state index contributed by atoms with van der Waals surface area (Å²) in [4.78, 5) is 12.9. The highest BCUT2D eigenvalue weighted by molar-refractivity contribution is 9.11. The number of anilines is 1. The average Bonchev–Trinajstić information content (AvgIpc) is 2.37. The van der Waals surface area contributed by atoms with Crippen molar-refractivity contribution < 1.29 is 4.79 Å². The summed E-state index contributed by atoms with van der Waals surface area (Å²) in [7, 11) is 0. The van der Waals surface area contributed by atoms with Crippen molar-refractivity contribution >= 4 is 67.7 Å². The number of hydrogen-bond donors (Lipinski definition) is 2. The summed E-state index contributed by atoms with van der Waals surface area (Å²) >= 11 is 17.0. The molecule has 0 saturated carbocycles. The largest absolute Gasteiger partial charge is 0.320 e. The van der Waals surface area contributed by atoms with Gasteiger partial charge in [0.25, 0.3) is 5.91 Å². The smallest absolute Gasteiger partial charge is 0.257 e. The van der Waals surface area contributed by atoms with Gasteiger partial charge in [0.2, 0.25) is 0 Å². The zero-order chi connectivity index (χ0) is 14.0. The minimum atomic E-state index is -0.284. The molecule has 0 heterocycles. The van der Waals surface area contributed by atoms with Crippen LogP contribution in [-0.2, 0) is 0 Å². The molecular weight excluding hydrogens is 413 g/mol. The van der Waals surface area contributed by atoms with E-state index < -0.39 is 0 Å². The lowest BCUT2D eigenvalue weighted by Gasteiger charge is -2.10. The van der Waals surface area contributed by atoms with E-state index in [1.165, 1.54) is 0 Å². The summed E-state index contributed by atoms with van der Waals surface area (Å²) in [6, 6.07) is 10.6. The number of halogens is 3. The molecule has 0 unspecified atom stereocenters. The van der Waals surface area contributed by atoms with E-state index in [4.69, 9.17) is 11.6 Å². The van der Waals surface area contributed by atoms with Crippen LogP contribution in [0.4, 0.5) is 5.69 Å². The van der Waals surface area contributed by atoms with Crippen LogP contribution in [0, 0.1) is 0 Å². The maximum absolute atomic E-state index is 12.2. The Morgan fingerprint density at radius 1 is 1.16 bits per heavy atom. The molecular formula is C13H8Br2ClNOS. The maximum Gasteiger partial charge on any atom is 0.257 e. The van der Waals surface area contributed by atoms with Crippen LogP contribution >= 0.6 is 56.1 Å². The predicted octanol–water partition coefficient (Wildman–Crippen LogP) is 5.41. The van der Waals surface area contributed by atoms with Gasteiger partial charge in [-0.1, -0.05) is 17.7 Å². The summed E-state index contributed by atoms with van der Waals surface area (Å²) in [6.07, 6.45) is 0. The molecule has 2 aromatic rings. The van der Waals surface area contributed by atoms with Crippen molar-refractivity contribution in [1.29, 1.82) is 0 Å². The van der Waals surface area contributed by atoms with Crippen molar-refractivity contribution in [1.82, 2.24) is 0 Å². The van der Waals surface area contributed by atoms with Crippen LogP contribution < -0.4 is 5.32 Å². The summed E-state index contributed by atoms with van der Waals surface area (Å²) in [6.45, 7) is 0. The second-order valence-electron chi connectivity index (χ2n) is 3.71. The standard InChI is InChI=1S/C13H8Br2ClNOS/c14-9-2-1-3-10(15)12(9)17-13(18)8-6-7(19)4-5-11(8)16/h1-6,19H,(H,17,18). The molecule has 2 rings (SSSR count). The minimum Gasteiger partial charge on any atom is -0.320 e. The van der Waals surface area contributed by atoms with Gasteiger partial charge in [-0.2, -0.15) is 0 Å². The molecule has 2 aromatic carbocycles. The van der Waals surface area contributed by atoms with Crippen molar-refractivity contribution in [3.63, 3.8) is 0 Å². The van der Waals surface area contributed by atoms with Gasteiger partial charge < -0.3 is 5.32 Å². The summed E-state index contributed by atoms with van der Waals surface area (Å²) in [5.74, 6) is -0.284. The van der Waals surface area contributed by atoms with Crippen molar-refractivity contribution in [2.75, 3.05) is 5.32 Å². The van der Waals surface area contributed by atoms with Crippen molar-refractivity contribution in [2.24, 2.45) is 0 Å². The summed E-state index contributed by atoms with van der Waals surface area (Å²) < 4.78 is 1.57. The number of nitrogens with one attached hydrogen (secondary N) is 1. The molecule has 0 aliphatic rings. The first-order chi connectivity index (χ1) is 8.99. The first kappa shape index (κ1) is 14.9. The third-order valence-corrected chi connectivity index (χ3v) is 4.33. The molecule has 0 fully saturated rings. The molecule has 0 aliphatic heterocycles. The van der Waals surface area contributed by atoms with Crippen LogP contribution in [0.3, 0.4) is 0 Å². The maximum atomic E-state index is 12.2. The number of thiol groups is 1. The number of benzene rings is 2. The lowest BCUT2D eigenvalue weighted by atomic mass is 10.2. The van der Waals surface area contributed by atoms with Crippen LogP contribution in [0.2, 0.25) is 5.02 Å². The molecule has 0 aromatic heterocycles. The fraction of sp³-hybridized carbons (Fsp3) is 0. The van der Waals surface area contributed by atoms with Crippen LogP contribution in [-0.4, -0.2) is 5.91 Å². The average molecular weight is 422 g/mol. The molecule has 1 amide bonds. The van der Waals surface area contributed by atoms with Gasteiger partial charge in [0.1, 0.15) is 0 Å². The molecule has 0 atom stereocenters. The molecule has 0 aliphatic carbocycles. The number of para-hydroxylation sites is 1. The monoisotopic (exact) mass is 419 g/mol.